The van der Waals surface area contributed by atoms with Gasteiger partial charge < -0.3 is 4.90 Å². The minimum atomic E-state index is 0.985. The van der Waals surface area contributed by atoms with Gasteiger partial charge in [-0.1, -0.05) is 0 Å². The highest BCUT2D eigenvalue weighted by atomic mass is 127. The van der Waals surface area contributed by atoms with E-state index in [1.807, 2.05) is 0 Å². The number of hydrogen-bond donors (Lipinski definition) is 0. The summed E-state index contributed by atoms with van der Waals surface area (Å²) in [6, 6.07) is 0. The second-order valence-electron chi connectivity index (χ2n) is 3.86. The van der Waals surface area contributed by atoms with Gasteiger partial charge in [0, 0.05) is 29.4 Å². The number of halogens is 1. The van der Waals surface area contributed by atoms with Crippen LogP contribution in [0.5, 0.6) is 0 Å². The van der Waals surface area contributed by atoms with Crippen LogP contribution < -0.4 is 0 Å². The molecule has 0 N–H and O–H groups in total. The molecule has 0 aromatic carbocycles. The maximum Gasteiger partial charge on any atom is 0.0198 e. The molecule has 2 nitrogen and oxygen atoms in total. The average Bonchev–Trinajstić information content (AvgIpc) is 2.03. The lowest BCUT2D eigenvalue weighted by atomic mass is 9.94. The SMILES string of the molecule is CN(I)CCC1CCN(C)CC1. The predicted octanol–water partition coefficient (Wildman–Crippen LogP) is 2.00. The van der Waals surface area contributed by atoms with Gasteiger partial charge >= 0.3 is 0 Å². The molecule has 0 radical (unpaired) electrons. The summed E-state index contributed by atoms with van der Waals surface area (Å²) in [6.45, 7) is 3.85. The van der Waals surface area contributed by atoms with E-state index in [-0.39, 0.29) is 0 Å². The summed E-state index contributed by atoms with van der Waals surface area (Å²) >= 11 is 2.37. The van der Waals surface area contributed by atoms with E-state index in [0.717, 1.165) is 5.92 Å². The molecule has 1 fully saturated rings. The van der Waals surface area contributed by atoms with Gasteiger partial charge in [0.1, 0.15) is 0 Å². The third-order valence-electron chi connectivity index (χ3n) is 2.68. The summed E-state index contributed by atoms with van der Waals surface area (Å²) in [6.07, 6.45) is 4.19. The molecule has 0 spiro atoms. The largest absolute Gasteiger partial charge is 0.306 e. The zero-order chi connectivity index (χ0) is 8.97. The third kappa shape index (κ3) is 4.05. The molecular formula is C9H19IN2. The minimum Gasteiger partial charge on any atom is -0.306 e. The van der Waals surface area contributed by atoms with Crippen molar-refractivity contribution >= 4 is 22.9 Å². The zero-order valence-corrected chi connectivity index (χ0v) is 10.2. The third-order valence-corrected chi connectivity index (χ3v) is 3.17. The first-order valence-electron chi connectivity index (χ1n) is 4.74. The van der Waals surface area contributed by atoms with E-state index in [1.165, 1.54) is 38.9 Å². The lowest BCUT2D eigenvalue weighted by Gasteiger charge is -2.29. The van der Waals surface area contributed by atoms with Gasteiger partial charge in [-0.15, -0.1) is 0 Å². The average molecular weight is 282 g/mol. The van der Waals surface area contributed by atoms with Crippen LogP contribution in [0.15, 0.2) is 0 Å². The van der Waals surface area contributed by atoms with E-state index >= 15 is 0 Å². The fourth-order valence-corrected chi connectivity index (χ4v) is 1.99. The van der Waals surface area contributed by atoms with Crippen molar-refractivity contribution in [2.24, 2.45) is 5.92 Å². The van der Waals surface area contributed by atoms with Gasteiger partial charge in [-0.25, -0.2) is 0 Å². The van der Waals surface area contributed by atoms with Gasteiger partial charge in [0.25, 0.3) is 0 Å². The Bertz CT molecular complexity index is 120. The minimum absolute atomic E-state index is 0.985. The summed E-state index contributed by atoms with van der Waals surface area (Å²) in [5.74, 6) is 0.985. The molecular weight excluding hydrogens is 263 g/mol. The highest BCUT2D eigenvalue weighted by molar-refractivity contribution is 14.1. The van der Waals surface area contributed by atoms with Crippen LogP contribution in [-0.2, 0) is 0 Å². The van der Waals surface area contributed by atoms with Crippen molar-refractivity contribution in [2.75, 3.05) is 33.7 Å². The molecule has 0 aromatic heterocycles. The van der Waals surface area contributed by atoms with Crippen LogP contribution in [0.2, 0.25) is 0 Å². The molecule has 1 aliphatic heterocycles. The lowest BCUT2D eigenvalue weighted by Crippen LogP contribution is -2.31. The van der Waals surface area contributed by atoms with Crippen LogP contribution in [0.1, 0.15) is 19.3 Å². The molecule has 0 saturated carbocycles. The number of nitrogens with zero attached hydrogens (tertiary/aromatic N) is 2. The van der Waals surface area contributed by atoms with E-state index in [1.54, 1.807) is 0 Å². The summed E-state index contributed by atoms with van der Waals surface area (Å²) in [7, 11) is 4.37. The first-order valence-corrected chi connectivity index (χ1v) is 5.70. The van der Waals surface area contributed by atoms with Crippen LogP contribution in [-0.4, -0.2) is 41.7 Å². The molecule has 72 valence electrons. The topological polar surface area (TPSA) is 6.48 Å². The van der Waals surface area contributed by atoms with Crippen molar-refractivity contribution < 1.29 is 0 Å². The second-order valence-corrected chi connectivity index (χ2v) is 5.51. The van der Waals surface area contributed by atoms with Crippen LogP contribution in [0.3, 0.4) is 0 Å². The van der Waals surface area contributed by atoms with Crippen molar-refractivity contribution in [2.45, 2.75) is 19.3 Å². The van der Waals surface area contributed by atoms with E-state index < -0.39 is 0 Å². The summed E-state index contributed by atoms with van der Waals surface area (Å²) in [5.41, 5.74) is 0. The number of hydrogen-bond acceptors (Lipinski definition) is 2. The van der Waals surface area contributed by atoms with Crippen LogP contribution >= 0.6 is 22.9 Å². The molecule has 1 aliphatic rings. The Morgan fingerprint density at radius 2 is 2.00 bits per heavy atom. The lowest BCUT2D eigenvalue weighted by molar-refractivity contribution is 0.209. The Kier molecular flexibility index (Phi) is 4.82. The van der Waals surface area contributed by atoms with Crippen molar-refractivity contribution in [1.29, 1.82) is 0 Å². The van der Waals surface area contributed by atoms with Gasteiger partial charge in [0.15, 0.2) is 0 Å². The normalized spacial score (nSPS) is 22.0. The molecule has 0 aromatic rings. The molecule has 1 saturated heterocycles. The van der Waals surface area contributed by atoms with Gasteiger partial charge in [-0.3, -0.25) is 3.11 Å². The summed E-state index contributed by atoms with van der Waals surface area (Å²) in [4.78, 5) is 2.43. The molecule has 3 heteroatoms. The van der Waals surface area contributed by atoms with E-state index in [0.29, 0.717) is 0 Å². The molecule has 0 aliphatic carbocycles. The summed E-state index contributed by atoms with van der Waals surface area (Å²) < 4.78 is 2.26. The van der Waals surface area contributed by atoms with E-state index in [2.05, 4.69) is 45.0 Å². The fourth-order valence-electron chi connectivity index (χ4n) is 1.71. The van der Waals surface area contributed by atoms with E-state index in [9.17, 15) is 0 Å². The molecule has 1 rings (SSSR count). The standard InChI is InChI=1S/C9H19IN2/c1-11-6-3-9(4-7-11)5-8-12(2)10/h9H,3-8H2,1-2H3. The van der Waals surface area contributed by atoms with Crippen molar-refractivity contribution in [1.82, 2.24) is 8.01 Å². The van der Waals surface area contributed by atoms with Crippen molar-refractivity contribution in [3.63, 3.8) is 0 Å². The smallest absolute Gasteiger partial charge is 0.0198 e. The van der Waals surface area contributed by atoms with Crippen LogP contribution in [0.25, 0.3) is 0 Å². The van der Waals surface area contributed by atoms with Gasteiger partial charge in [0.2, 0.25) is 0 Å². The molecule has 0 bridgehead atoms. The van der Waals surface area contributed by atoms with Crippen molar-refractivity contribution in [3.8, 4) is 0 Å². The Hall–Kier alpha value is 0.650. The quantitative estimate of drug-likeness (QED) is 0.577. The van der Waals surface area contributed by atoms with E-state index in [4.69, 9.17) is 0 Å². The summed E-state index contributed by atoms with van der Waals surface area (Å²) in [5, 5.41) is 0. The maximum absolute atomic E-state index is 2.43. The second kappa shape index (κ2) is 5.40. The molecule has 1 heterocycles. The van der Waals surface area contributed by atoms with Gasteiger partial charge in [0.05, 0.1) is 0 Å². The molecule has 0 atom stereocenters. The first kappa shape index (κ1) is 10.7. The Labute approximate surface area is 89.8 Å². The highest BCUT2D eigenvalue weighted by Gasteiger charge is 2.16. The number of piperidine rings is 1. The van der Waals surface area contributed by atoms with Gasteiger partial charge in [-0.2, -0.15) is 0 Å². The highest BCUT2D eigenvalue weighted by Crippen LogP contribution is 2.19. The maximum atomic E-state index is 2.43. The molecule has 12 heavy (non-hydrogen) atoms. The Balaban J connectivity index is 2.09. The number of rotatable bonds is 3. The van der Waals surface area contributed by atoms with Gasteiger partial charge in [-0.05, 0) is 52.4 Å². The Morgan fingerprint density at radius 1 is 1.42 bits per heavy atom. The predicted molar refractivity (Wildman–Crippen MR) is 61.5 cm³/mol. The zero-order valence-electron chi connectivity index (χ0n) is 8.09. The molecule has 0 amide bonds. The van der Waals surface area contributed by atoms with Crippen LogP contribution in [0, 0.1) is 5.92 Å². The number of likely N-dealkylation sites (tertiary alicyclic amines) is 1. The molecule has 0 unspecified atom stereocenters. The fraction of sp³-hybridized carbons (Fsp3) is 1.00. The van der Waals surface area contributed by atoms with Crippen molar-refractivity contribution in [3.05, 3.63) is 0 Å². The Morgan fingerprint density at radius 3 is 2.50 bits per heavy atom. The monoisotopic (exact) mass is 282 g/mol. The van der Waals surface area contributed by atoms with Crippen LogP contribution in [0.4, 0.5) is 0 Å². The first-order chi connectivity index (χ1) is 5.68.